The van der Waals surface area contributed by atoms with Crippen LogP contribution >= 0.6 is 11.8 Å². The van der Waals surface area contributed by atoms with E-state index in [-0.39, 0.29) is 31.5 Å². The lowest BCUT2D eigenvalue weighted by molar-refractivity contribution is -0.147. The van der Waals surface area contributed by atoms with Gasteiger partial charge in [0.2, 0.25) is 47.3 Å². The molecule has 2 unspecified atom stereocenters. The summed E-state index contributed by atoms with van der Waals surface area (Å²) in [6, 6.07) is -1.08. The number of carbonyl (C=O) groups excluding carboxylic acids is 11. The molecule has 2 aromatic rings. The van der Waals surface area contributed by atoms with Gasteiger partial charge < -0.3 is 62.4 Å². The second kappa shape index (κ2) is 23.4. The number of fused-ring (bicyclic) bond motifs is 5. The van der Waals surface area contributed by atoms with E-state index < -0.39 is 158 Å². The van der Waals surface area contributed by atoms with Crippen LogP contribution in [0.4, 0.5) is 0 Å². The van der Waals surface area contributed by atoms with Crippen molar-refractivity contribution >= 4 is 88.0 Å². The number of aromatic amines is 1. The number of aromatic nitrogens is 1. The van der Waals surface area contributed by atoms with Crippen LogP contribution in [0, 0.1) is 11.8 Å². The maximum Gasteiger partial charge on any atom is 0.253 e. The highest BCUT2D eigenvalue weighted by Crippen LogP contribution is 2.33. The number of aliphatic hydroxyl groups excluding tert-OH is 3. The van der Waals surface area contributed by atoms with Gasteiger partial charge in [-0.1, -0.05) is 45.4 Å². The fraction of sp³-hybridized carbons (Fsp3) is 0.533. The van der Waals surface area contributed by atoms with Crippen LogP contribution in [-0.4, -0.2) is 189 Å². The second-order valence-electron chi connectivity index (χ2n) is 17.9. The summed E-state index contributed by atoms with van der Waals surface area (Å²) >= 11 is 0.994. The van der Waals surface area contributed by atoms with E-state index in [1.165, 1.54) is 6.92 Å². The zero-order chi connectivity index (χ0) is 51.7. The van der Waals surface area contributed by atoms with Crippen molar-refractivity contribution in [3.8, 4) is 0 Å². The van der Waals surface area contributed by atoms with Gasteiger partial charge in [-0.25, -0.2) is 0 Å². The highest BCUT2D eigenvalue weighted by molar-refractivity contribution is 7.99. The first-order chi connectivity index (χ1) is 33.8. The maximum absolute atomic E-state index is 14.9. The van der Waals surface area contributed by atoms with Crippen molar-refractivity contribution < 1.29 is 68.1 Å². The van der Waals surface area contributed by atoms with Crippen LogP contribution < -0.4 is 42.5 Å². The minimum atomic E-state index is -2.33. The molecule has 1 aromatic carbocycles. The van der Waals surface area contributed by atoms with Crippen molar-refractivity contribution in [3.05, 3.63) is 42.0 Å². The van der Waals surface area contributed by atoms with Crippen molar-refractivity contribution in [2.75, 3.05) is 45.1 Å². The molecule has 0 radical (unpaired) electrons. The molecule has 1 saturated heterocycles. The first kappa shape index (κ1) is 53.6. The topological polar surface area (TPSA) is 367 Å². The first-order valence-corrected chi connectivity index (χ1v) is 24.1. The Kier molecular flexibility index (Phi) is 17.7. The van der Waals surface area contributed by atoms with E-state index in [1.807, 2.05) is 0 Å². The Hall–Kier alpha value is -6.74. The highest BCUT2D eigenvalue weighted by atomic mass is 32.2. The number of imide groups is 1. The van der Waals surface area contributed by atoms with E-state index in [0.717, 1.165) is 33.7 Å². The van der Waals surface area contributed by atoms with Gasteiger partial charge in [-0.2, -0.15) is 0 Å². The Labute approximate surface area is 410 Å². The summed E-state index contributed by atoms with van der Waals surface area (Å²) < 4.78 is 0. The van der Waals surface area contributed by atoms with E-state index in [0.29, 0.717) is 27.9 Å². The molecule has 26 heteroatoms. The summed E-state index contributed by atoms with van der Waals surface area (Å²) in [5.41, 5.74) is -1.35. The zero-order valence-corrected chi connectivity index (χ0v) is 40.0. The number of aldehydes is 1. The lowest BCUT2D eigenvalue weighted by Crippen LogP contribution is -2.69. The number of benzene rings is 1. The Bertz CT molecular complexity index is 2450. The number of carbonyl (C=O) groups is 11. The molecular formula is C45H59N11O14S. The van der Waals surface area contributed by atoms with E-state index in [2.05, 4.69) is 47.5 Å². The number of hydrogen-bond donors (Lipinski definition) is 12. The van der Waals surface area contributed by atoms with Crippen LogP contribution in [0.25, 0.3) is 10.9 Å². The number of amides is 10. The van der Waals surface area contributed by atoms with Gasteiger partial charge in [0.1, 0.15) is 24.2 Å². The monoisotopic (exact) mass is 1010 g/mol. The largest absolute Gasteiger partial charge is 0.394 e. The third kappa shape index (κ3) is 12.6. The molecule has 384 valence electrons. The fourth-order valence-corrected chi connectivity index (χ4v) is 9.83. The zero-order valence-electron chi connectivity index (χ0n) is 39.2. The normalized spacial score (nSPS) is 27.7. The van der Waals surface area contributed by atoms with Gasteiger partial charge in [-0.3, -0.25) is 63.0 Å². The lowest BCUT2D eigenvalue weighted by Gasteiger charge is -2.41. The van der Waals surface area contributed by atoms with Gasteiger partial charge in [-0.15, -0.1) is 11.8 Å². The molecule has 2 bridgehead atoms. The quantitative estimate of drug-likeness (QED) is 0.0740. The average Bonchev–Trinajstić information content (AvgIpc) is 4.00. The molecule has 1 aromatic heterocycles. The Morgan fingerprint density at radius 2 is 1.56 bits per heavy atom. The van der Waals surface area contributed by atoms with Crippen LogP contribution in [0.2, 0.25) is 0 Å². The van der Waals surface area contributed by atoms with Crippen molar-refractivity contribution in [3.63, 3.8) is 0 Å². The molecule has 0 spiro atoms. The van der Waals surface area contributed by atoms with Crippen molar-refractivity contribution in [2.45, 2.75) is 99.6 Å². The van der Waals surface area contributed by atoms with E-state index in [4.69, 9.17) is 0 Å². The maximum atomic E-state index is 14.9. The molecule has 4 aliphatic rings. The third-order valence-electron chi connectivity index (χ3n) is 13.0. The smallest absolute Gasteiger partial charge is 0.253 e. The van der Waals surface area contributed by atoms with E-state index in [9.17, 15) is 68.1 Å². The standard InChI is InChI=1S/C45H59N11O14S/c1-4-22(2)37-41(68)48-16-33(62)49-30-20-71-43-26(25-7-5-6-8-27(25)52-43)13-28(39(66)47-17-34(63)53-37)50-42(69)38(23(3)31(60)19-57)54-45(21-58)15-24(59)18-56(45)44(70)29(51-40(30)67)14-32(61)46-11-12-55-35(64)9-10-36(55)65/h5-10,21-24,28-31,37-38,52,54,57,59-60H,4,11-20H2,1-3H3,(H,46,61)(H,47,66)(H,48,68)(H,49,62)(H,50,69)(H,51,67)(H,53,63)/t22-,23-,24+,28?,29-,30?,31-,37-,38-,45+/m0/s1. The van der Waals surface area contributed by atoms with Crippen LogP contribution in [0.3, 0.4) is 0 Å². The lowest BCUT2D eigenvalue weighted by atomic mass is 9.92. The summed E-state index contributed by atoms with van der Waals surface area (Å²) in [6.45, 7) is 1.34. The van der Waals surface area contributed by atoms with Gasteiger partial charge in [0.25, 0.3) is 11.8 Å². The number of nitrogens with zero attached hydrogens (tertiary/aromatic N) is 2. The molecule has 10 atom stereocenters. The van der Waals surface area contributed by atoms with Gasteiger partial charge in [0.15, 0.2) is 11.9 Å². The average molecular weight is 1010 g/mol. The molecule has 0 saturated carbocycles. The molecule has 25 nitrogen and oxygen atoms in total. The van der Waals surface area contributed by atoms with Crippen LogP contribution in [0.1, 0.15) is 45.6 Å². The predicted molar refractivity (Wildman–Crippen MR) is 250 cm³/mol. The third-order valence-corrected chi connectivity index (χ3v) is 14.1. The van der Waals surface area contributed by atoms with Crippen molar-refractivity contribution in [1.29, 1.82) is 0 Å². The number of para-hydroxylation sites is 1. The molecule has 71 heavy (non-hydrogen) atoms. The van der Waals surface area contributed by atoms with Crippen LogP contribution in [-0.2, 0) is 59.2 Å². The van der Waals surface area contributed by atoms with Crippen LogP contribution in [0.5, 0.6) is 0 Å². The van der Waals surface area contributed by atoms with Gasteiger partial charge in [-0.05, 0) is 17.5 Å². The van der Waals surface area contributed by atoms with Gasteiger partial charge in [0, 0.05) is 67.2 Å². The molecular weight excluding hydrogens is 951 g/mol. The molecule has 1 fully saturated rings. The SMILES string of the molecule is CC[C@H](C)[C@@H]1NC(=O)CNC(=O)C2Cc3c([nH]c4ccccc34)SCC(NC(=O)CNC1=O)C(=O)N[C@@H](CC(=O)NCCN1C(=O)C=CC1=O)C(=O)N1C[C@H](O)C[C@@]1(C=O)N[C@@H]([C@@H](C)[C@@H](O)CO)C(=O)N2. The minimum absolute atomic E-state index is 0.216. The summed E-state index contributed by atoms with van der Waals surface area (Å²) in [5.74, 6) is -10.8. The summed E-state index contributed by atoms with van der Waals surface area (Å²) in [7, 11) is 0. The number of hydrogen-bond acceptors (Lipinski definition) is 16. The molecule has 5 heterocycles. The predicted octanol–water partition coefficient (Wildman–Crippen LogP) is -5.09. The van der Waals surface area contributed by atoms with Gasteiger partial charge >= 0.3 is 0 Å². The Morgan fingerprint density at radius 3 is 2.24 bits per heavy atom. The molecule has 4 aliphatic heterocycles. The number of H-pyrrole nitrogens is 1. The van der Waals surface area contributed by atoms with Crippen molar-refractivity contribution in [1.82, 2.24) is 57.3 Å². The molecule has 6 rings (SSSR count). The molecule has 0 aliphatic carbocycles. The van der Waals surface area contributed by atoms with Crippen LogP contribution in [0.15, 0.2) is 41.4 Å². The summed E-state index contributed by atoms with van der Waals surface area (Å²) in [5, 5.41) is 53.7. The number of rotatable bonds is 11. The second-order valence-corrected chi connectivity index (χ2v) is 18.9. The molecule has 12 N–H and O–H groups in total. The fourth-order valence-electron chi connectivity index (χ4n) is 8.71. The summed E-state index contributed by atoms with van der Waals surface area (Å²) in [4.78, 5) is 156. The minimum Gasteiger partial charge on any atom is -0.394 e. The Morgan fingerprint density at radius 1 is 0.887 bits per heavy atom. The van der Waals surface area contributed by atoms with E-state index in [1.54, 1.807) is 38.1 Å². The summed E-state index contributed by atoms with van der Waals surface area (Å²) in [6.07, 6.45) is -2.16. The number of thioether (sulfide) groups is 1. The van der Waals surface area contributed by atoms with Crippen molar-refractivity contribution in [2.24, 2.45) is 11.8 Å². The van der Waals surface area contributed by atoms with Gasteiger partial charge in [0.05, 0.1) is 49.4 Å². The highest BCUT2D eigenvalue weighted by Gasteiger charge is 2.52. The first-order valence-electron chi connectivity index (χ1n) is 23.1. The number of nitrogens with one attached hydrogen (secondary N) is 9. The van der Waals surface area contributed by atoms with E-state index >= 15 is 0 Å². The Balaban J connectivity index is 1.49. The molecule has 10 amide bonds. The number of aliphatic hydroxyl groups is 3.